The fraction of sp³-hybridized carbons (Fsp3) is 0. The van der Waals surface area contributed by atoms with Gasteiger partial charge in [0.15, 0.2) is 0 Å². The number of furan rings is 2. The SMILES string of the molecule is c1ccc(-c2ccc(-c3ccc(N(c4cccc5ccccc45)c4ccc(-c5cccc(-c6cccc7c6oc6ccccc67)c5)c5oc6ccccc6c45)cc3)cc2)cc1. The van der Waals surface area contributed by atoms with Gasteiger partial charge in [0.25, 0.3) is 0 Å². The first-order valence-electron chi connectivity index (χ1n) is 20.7. The summed E-state index contributed by atoms with van der Waals surface area (Å²) in [5.41, 5.74) is 15.7. The van der Waals surface area contributed by atoms with Crippen LogP contribution in [0, 0.1) is 0 Å². The van der Waals surface area contributed by atoms with E-state index in [0.29, 0.717) is 0 Å². The Morgan fingerprint density at radius 3 is 1.56 bits per heavy atom. The van der Waals surface area contributed by atoms with Crippen molar-refractivity contribution in [2.75, 3.05) is 4.90 Å². The molecule has 0 spiro atoms. The van der Waals surface area contributed by atoms with E-state index in [1.54, 1.807) is 0 Å². The third-order valence-corrected chi connectivity index (χ3v) is 12.1. The van der Waals surface area contributed by atoms with Gasteiger partial charge in [0.1, 0.15) is 22.3 Å². The number of benzene rings is 10. The van der Waals surface area contributed by atoms with E-state index in [0.717, 1.165) is 88.8 Å². The van der Waals surface area contributed by atoms with Gasteiger partial charge in [-0.25, -0.2) is 0 Å². The summed E-state index contributed by atoms with van der Waals surface area (Å²) in [6.07, 6.45) is 0. The number of hydrogen-bond donors (Lipinski definition) is 0. The molecule has 2 aromatic heterocycles. The van der Waals surface area contributed by atoms with Gasteiger partial charge >= 0.3 is 0 Å². The van der Waals surface area contributed by atoms with Crippen LogP contribution in [0.1, 0.15) is 0 Å². The molecule has 12 aromatic rings. The zero-order chi connectivity index (χ0) is 40.3. The van der Waals surface area contributed by atoms with Crippen molar-refractivity contribution in [3.8, 4) is 44.5 Å². The zero-order valence-corrected chi connectivity index (χ0v) is 33.1. The van der Waals surface area contributed by atoms with Crippen LogP contribution in [0.25, 0.3) is 99.2 Å². The van der Waals surface area contributed by atoms with Crippen molar-refractivity contribution >= 4 is 71.7 Å². The minimum atomic E-state index is 0.846. The van der Waals surface area contributed by atoms with Crippen LogP contribution in [0.3, 0.4) is 0 Å². The molecular weight excluding hydrogens is 743 g/mol. The third-order valence-electron chi connectivity index (χ3n) is 12.1. The van der Waals surface area contributed by atoms with Crippen molar-refractivity contribution in [1.82, 2.24) is 0 Å². The largest absolute Gasteiger partial charge is 0.455 e. The molecule has 10 aromatic carbocycles. The van der Waals surface area contributed by atoms with Gasteiger partial charge in [0.05, 0.1) is 16.8 Å². The maximum atomic E-state index is 6.92. The summed E-state index contributed by atoms with van der Waals surface area (Å²) in [5, 5.41) is 6.72. The normalized spacial score (nSPS) is 11.6. The van der Waals surface area contributed by atoms with Crippen LogP contribution in [0.5, 0.6) is 0 Å². The molecule has 0 N–H and O–H groups in total. The second-order valence-electron chi connectivity index (χ2n) is 15.6. The van der Waals surface area contributed by atoms with Gasteiger partial charge in [-0.1, -0.05) is 176 Å². The van der Waals surface area contributed by atoms with Crippen molar-refractivity contribution < 1.29 is 8.83 Å². The van der Waals surface area contributed by atoms with Gasteiger partial charge < -0.3 is 13.7 Å². The fourth-order valence-electron chi connectivity index (χ4n) is 9.15. The summed E-state index contributed by atoms with van der Waals surface area (Å²) in [7, 11) is 0. The second kappa shape index (κ2) is 14.3. The Bertz CT molecular complexity index is 3570. The zero-order valence-electron chi connectivity index (χ0n) is 33.1. The van der Waals surface area contributed by atoms with Crippen molar-refractivity contribution in [3.63, 3.8) is 0 Å². The lowest BCUT2D eigenvalue weighted by atomic mass is 9.95. The molecule has 0 saturated heterocycles. The lowest BCUT2D eigenvalue weighted by Gasteiger charge is -2.28. The molecule has 0 aliphatic rings. The Kier molecular flexibility index (Phi) is 8.17. The predicted molar refractivity (Wildman–Crippen MR) is 255 cm³/mol. The first kappa shape index (κ1) is 34.9. The van der Waals surface area contributed by atoms with Crippen molar-refractivity contribution in [2.45, 2.75) is 0 Å². The lowest BCUT2D eigenvalue weighted by Crippen LogP contribution is -2.11. The molecule has 0 atom stereocenters. The monoisotopic (exact) mass is 779 g/mol. The predicted octanol–water partition coefficient (Wildman–Crippen LogP) is 16.8. The summed E-state index contributed by atoms with van der Waals surface area (Å²) in [5.74, 6) is 0. The van der Waals surface area contributed by atoms with Gasteiger partial charge in [-0.2, -0.15) is 0 Å². The van der Waals surface area contributed by atoms with E-state index in [1.807, 2.05) is 18.2 Å². The van der Waals surface area contributed by atoms with E-state index in [4.69, 9.17) is 8.83 Å². The van der Waals surface area contributed by atoms with Gasteiger partial charge in [0, 0.05) is 38.4 Å². The summed E-state index contributed by atoms with van der Waals surface area (Å²) in [6, 6.07) is 79.8. The molecule has 0 aliphatic heterocycles. The second-order valence-corrected chi connectivity index (χ2v) is 15.6. The highest BCUT2D eigenvalue weighted by Gasteiger charge is 2.24. The summed E-state index contributed by atoms with van der Waals surface area (Å²) < 4.78 is 13.4. The maximum Gasteiger partial charge on any atom is 0.145 e. The number of rotatable bonds is 7. The number of nitrogens with zero attached hydrogens (tertiary/aromatic N) is 1. The Hall–Kier alpha value is -8.14. The van der Waals surface area contributed by atoms with E-state index in [2.05, 4.69) is 211 Å². The fourth-order valence-corrected chi connectivity index (χ4v) is 9.15. The Morgan fingerprint density at radius 1 is 0.295 bits per heavy atom. The Labute approximate surface area is 353 Å². The molecule has 2 heterocycles. The van der Waals surface area contributed by atoms with Crippen LogP contribution in [0.2, 0.25) is 0 Å². The van der Waals surface area contributed by atoms with E-state index < -0.39 is 0 Å². The average molecular weight is 780 g/mol. The minimum absolute atomic E-state index is 0.846. The quantitative estimate of drug-likeness (QED) is 0.161. The van der Waals surface area contributed by atoms with Crippen LogP contribution >= 0.6 is 0 Å². The highest BCUT2D eigenvalue weighted by Crippen LogP contribution is 2.48. The molecular formula is C58H37NO2. The molecule has 0 radical (unpaired) electrons. The molecule has 0 amide bonds. The van der Waals surface area contributed by atoms with Crippen LogP contribution in [0.15, 0.2) is 233 Å². The van der Waals surface area contributed by atoms with E-state index in [1.165, 1.54) is 27.5 Å². The standard InChI is InChI=1S/C58H37NO2/c1-2-13-38(14-3-1)39-27-29-40(30-28-39)41-31-33-45(34-32-41)59(52-24-11-16-42-15-4-5-19-46(42)52)53-36-35-48(58-56(53)51-21-7-9-26-55(51)61-58)44-18-10-17-43(37-44)47-22-12-23-50-49-20-6-8-25-54(49)60-57(47)50/h1-37H. The van der Waals surface area contributed by atoms with Gasteiger partial charge in [-0.05, 0) is 87.3 Å². The molecule has 286 valence electrons. The molecule has 0 unspecified atom stereocenters. The van der Waals surface area contributed by atoms with Crippen LogP contribution in [-0.4, -0.2) is 0 Å². The van der Waals surface area contributed by atoms with Crippen LogP contribution in [0.4, 0.5) is 17.1 Å². The average Bonchev–Trinajstić information content (AvgIpc) is 3.92. The smallest absolute Gasteiger partial charge is 0.145 e. The maximum absolute atomic E-state index is 6.92. The van der Waals surface area contributed by atoms with E-state index in [-0.39, 0.29) is 0 Å². The number of anilines is 3. The minimum Gasteiger partial charge on any atom is -0.455 e. The third kappa shape index (κ3) is 5.90. The van der Waals surface area contributed by atoms with E-state index >= 15 is 0 Å². The van der Waals surface area contributed by atoms with Crippen LogP contribution < -0.4 is 4.90 Å². The van der Waals surface area contributed by atoms with Gasteiger partial charge in [-0.15, -0.1) is 0 Å². The van der Waals surface area contributed by atoms with Crippen molar-refractivity contribution in [3.05, 3.63) is 224 Å². The molecule has 3 nitrogen and oxygen atoms in total. The summed E-state index contributed by atoms with van der Waals surface area (Å²) in [4.78, 5) is 2.40. The molecule has 0 fully saturated rings. The lowest BCUT2D eigenvalue weighted by molar-refractivity contribution is 0.670. The van der Waals surface area contributed by atoms with Gasteiger partial charge in [-0.3, -0.25) is 0 Å². The first-order valence-corrected chi connectivity index (χ1v) is 20.7. The Morgan fingerprint density at radius 2 is 0.803 bits per heavy atom. The highest BCUT2D eigenvalue weighted by molar-refractivity contribution is 6.18. The van der Waals surface area contributed by atoms with Crippen molar-refractivity contribution in [2.24, 2.45) is 0 Å². The van der Waals surface area contributed by atoms with Crippen molar-refractivity contribution in [1.29, 1.82) is 0 Å². The molecule has 0 bridgehead atoms. The molecule has 61 heavy (non-hydrogen) atoms. The van der Waals surface area contributed by atoms with Crippen LogP contribution in [-0.2, 0) is 0 Å². The van der Waals surface area contributed by atoms with Gasteiger partial charge in [0.2, 0.25) is 0 Å². The van der Waals surface area contributed by atoms with E-state index in [9.17, 15) is 0 Å². The first-order chi connectivity index (χ1) is 30.2. The highest BCUT2D eigenvalue weighted by atomic mass is 16.3. The molecule has 12 rings (SSSR count). The summed E-state index contributed by atoms with van der Waals surface area (Å²) in [6.45, 7) is 0. The molecule has 3 heteroatoms. The summed E-state index contributed by atoms with van der Waals surface area (Å²) >= 11 is 0. The number of fused-ring (bicyclic) bond motifs is 7. The number of para-hydroxylation sites is 3. The number of hydrogen-bond acceptors (Lipinski definition) is 3. The Balaban J connectivity index is 1.02. The topological polar surface area (TPSA) is 29.5 Å². The molecule has 0 saturated carbocycles. The molecule has 0 aliphatic carbocycles.